The summed E-state index contributed by atoms with van der Waals surface area (Å²) in [5, 5.41) is 8.94. The van der Waals surface area contributed by atoms with Crippen molar-refractivity contribution in [2.75, 3.05) is 18.4 Å². The van der Waals surface area contributed by atoms with E-state index < -0.39 is 0 Å². The Balaban J connectivity index is 1.24. The summed E-state index contributed by atoms with van der Waals surface area (Å²) in [5.74, 6) is 1.17. The molecule has 2 aromatic carbocycles. The van der Waals surface area contributed by atoms with Crippen LogP contribution in [0.2, 0.25) is 0 Å². The maximum absolute atomic E-state index is 5.02. The van der Waals surface area contributed by atoms with Crippen LogP contribution in [0.4, 0.5) is 5.82 Å². The smallest absolute Gasteiger partial charge is 0.158 e. The molecule has 1 N–H and O–H groups in total. The number of anilines is 1. The molecule has 1 fully saturated rings. The second-order valence-corrected chi connectivity index (χ2v) is 9.59. The van der Waals surface area contributed by atoms with Crippen molar-refractivity contribution in [3.63, 3.8) is 0 Å². The highest BCUT2D eigenvalue weighted by atomic mass is 15.3. The minimum Gasteiger partial charge on any atom is -0.367 e. The third kappa shape index (κ3) is 4.13. The summed E-state index contributed by atoms with van der Waals surface area (Å²) in [7, 11) is 0. The van der Waals surface area contributed by atoms with Gasteiger partial charge in [-0.1, -0.05) is 54.1 Å². The third-order valence-corrected chi connectivity index (χ3v) is 7.12. The normalized spacial score (nSPS) is 16.9. The van der Waals surface area contributed by atoms with E-state index >= 15 is 0 Å². The Bertz CT molecular complexity index is 1270. The van der Waals surface area contributed by atoms with Gasteiger partial charge in [-0.15, -0.1) is 0 Å². The molecule has 168 valence electrons. The zero-order chi connectivity index (χ0) is 22.2. The van der Waals surface area contributed by atoms with Crippen molar-refractivity contribution in [3.05, 3.63) is 83.0 Å². The Labute approximate surface area is 195 Å². The van der Waals surface area contributed by atoms with Crippen molar-refractivity contribution in [1.82, 2.24) is 19.5 Å². The molecule has 6 rings (SSSR count). The molecule has 0 bridgehead atoms. The molecule has 4 aromatic rings. The van der Waals surface area contributed by atoms with E-state index in [1.54, 1.807) is 0 Å². The molecule has 5 nitrogen and oxygen atoms in total. The molecule has 0 amide bonds. The SMILES string of the molecule is Cc1cccc(-c2cc3nc4c(c(NC5CCN(Cc6ccccc6)CC5)n3n2)CCC4)c1. The lowest BCUT2D eigenvalue weighted by Gasteiger charge is -2.33. The molecule has 0 unspecified atom stereocenters. The Hall–Kier alpha value is -3.18. The van der Waals surface area contributed by atoms with Crippen LogP contribution in [0.3, 0.4) is 0 Å². The van der Waals surface area contributed by atoms with Crippen LogP contribution in [0.1, 0.15) is 41.6 Å². The molecule has 1 aliphatic heterocycles. The quantitative estimate of drug-likeness (QED) is 0.462. The number of nitrogens with zero attached hydrogens (tertiary/aromatic N) is 4. The van der Waals surface area contributed by atoms with Crippen LogP contribution in [-0.2, 0) is 19.4 Å². The molecule has 0 radical (unpaired) electrons. The van der Waals surface area contributed by atoms with E-state index in [0.717, 1.165) is 62.2 Å². The number of aryl methyl sites for hydroxylation is 2. The number of likely N-dealkylation sites (tertiary alicyclic amines) is 1. The maximum Gasteiger partial charge on any atom is 0.158 e. The molecular formula is C28H31N5. The summed E-state index contributed by atoms with van der Waals surface area (Å²) >= 11 is 0. The van der Waals surface area contributed by atoms with E-state index in [1.165, 1.54) is 34.6 Å². The number of aromatic nitrogens is 3. The predicted molar refractivity (Wildman–Crippen MR) is 134 cm³/mol. The first-order valence-corrected chi connectivity index (χ1v) is 12.2. The monoisotopic (exact) mass is 437 g/mol. The third-order valence-electron chi connectivity index (χ3n) is 7.12. The second kappa shape index (κ2) is 8.64. The van der Waals surface area contributed by atoms with Gasteiger partial charge in [0.05, 0.1) is 5.69 Å². The number of hydrogen-bond donors (Lipinski definition) is 1. The molecule has 0 spiro atoms. The van der Waals surface area contributed by atoms with Gasteiger partial charge in [0.2, 0.25) is 0 Å². The summed E-state index contributed by atoms with van der Waals surface area (Å²) in [5.41, 5.74) is 8.38. The van der Waals surface area contributed by atoms with E-state index in [-0.39, 0.29) is 0 Å². The summed E-state index contributed by atoms with van der Waals surface area (Å²) in [6.45, 7) is 5.41. The van der Waals surface area contributed by atoms with Gasteiger partial charge in [0.15, 0.2) is 5.65 Å². The number of rotatable bonds is 5. The van der Waals surface area contributed by atoms with Gasteiger partial charge in [0.25, 0.3) is 0 Å². The molecular weight excluding hydrogens is 406 g/mol. The van der Waals surface area contributed by atoms with Crippen LogP contribution in [0.25, 0.3) is 16.9 Å². The van der Waals surface area contributed by atoms with Crippen molar-refractivity contribution < 1.29 is 0 Å². The van der Waals surface area contributed by atoms with Crippen LogP contribution in [0.5, 0.6) is 0 Å². The average Bonchev–Trinajstić information content (AvgIpc) is 3.48. The highest BCUT2D eigenvalue weighted by Gasteiger charge is 2.25. The van der Waals surface area contributed by atoms with Crippen LogP contribution < -0.4 is 5.32 Å². The molecule has 0 atom stereocenters. The van der Waals surface area contributed by atoms with Crippen LogP contribution >= 0.6 is 0 Å². The summed E-state index contributed by atoms with van der Waals surface area (Å²) in [4.78, 5) is 7.56. The first kappa shape index (κ1) is 20.4. The molecule has 5 heteroatoms. The van der Waals surface area contributed by atoms with Gasteiger partial charge in [-0.05, 0) is 50.7 Å². The van der Waals surface area contributed by atoms with Crippen LogP contribution in [0.15, 0.2) is 60.7 Å². The number of benzene rings is 2. The van der Waals surface area contributed by atoms with E-state index in [4.69, 9.17) is 10.1 Å². The Morgan fingerprint density at radius 2 is 1.82 bits per heavy atom. The molecule has 33 heavy (non-hydrogen) atoms. The van der Waals surface area contributed by atoms with E-state index in [2.05, 4.69) is 82.3 Å². The minimum atomic E-state index is 0.471. The van der Waals surface area contributed by atoms with Gasteiger partial charge in [-0.3, -0.25) is 4.90 Å². The lowest BCUT2D eigenvalue weighted by atomic mass is 10.0. The number of fused-ring (bicyclic) bond motifs is 2. The summed E-state index contributed by atoms with van der Waals surface area (Å²) in [6, 6.07) is 22.0. The zero-order valence-electron chi connectivity index (χ0n) is 19.3. The Morgan fingerprint density at radius 1 is 0.970 bits per heavy atom. The van der Waals surface area contributed by atoms with Crippen molar-refractivity contribution in [2.24, 2.45) is 0 Å². The average molecular weight is 438 g/mol. The molecule has 2 aromatic heterocycles. The highest BCUT2D eigenvalue weighted by molar-refractivity contribution is 5.68. The fourth-order valence-electron chi connectivity index (χ4n) is 5.35. The standard InChI is InChI=1S/C28H31N5/c1-20-7-5-10-22(17-20)26-18-27-30-25-12-6-11-24(25)28(33(27)31-26)29-23-13-15-32(16-14-23)19-21-8-3-2-4-9-21/h2-5,7-10,17-18,23,29H,6,11-16,19H2,1H3. The highest BCUT2D eigenvalue weighted by Crippen LogP contribution is 2.32. The molecule has 3 heterocycles. The van der Waals surface area contributed by atoms with Gasteiger partial charge in [0.1, 0.15) is 5.82 Å². The number of hydrogen-bond acceptors (Lipinski definition) is 4. The van der Waals surface area contributed by atoms with Crippen LogP contribution in [-0.4, -0.2) is 38.6 Å². The van der Waals surface area contributed by atoms with Crippen LogP contribution in [0, 0.1) is 6.92 Å². The zero-order valence-corrected chi connectivity index (χ0v) is 19.3. The minimum absolute atomic E-state index is 0.471. The van der Waals surface area contributed by atoms with Crippen molar-refractivity contribution in [3.8, 4) is 11.3 Å². The maximum atomic E-state index is 5.02. The van der Waals surface area contributed by atoms with E-state index in [9.17, 15) is 0 Å². The second-order valence-electron chi connectivity index (χ2n) is 9.59. The first-order chi connectivity index (χ1) is 16.2. The van der Waals surface area contributed by atoms with Gasteiger partial charge in [-0.2, -0.15) is 9.61 Å². The lowest BCUT2D eigenvalue weighted by molar-refractivity contribution is 0.211. The number of nitrogens with one attached hydrogen (secondary N) is 1. The summed E-state index contributed by atoms with van der Waals surface area (Å²) < 4.78 is 2.07. The van der Waals surface area contributed by atoms with E-state index in [0.29, 0.717) is 6.04 Å². The van der Waals surface area contributed by atoms with Gasteiger partial charge >= 0.3 is 0 Å². The number of piperidine rings is 1. The predicted octanol–water partition coefficient (Wildman–Crippen LogP) is 5.27. The van der Waals surface area contributed by atoms with Gasteiger partial charge in [0, 0.05) is 48.6 Å². The largest absolute Gasteiger partial charge is 0.367 e. The van der Waals surface area contributed by atoms with Gasteiger partial charge in [-0.25, -0.2) is 4.98 Å². The van der Waals surface area contributed by atoms with Crippen molar-refractivity contribution in [1.29, 1.82) is 0 Å². The fourth-order valence-corrected chi connectivity index (χ4v) is 5.35. The first-order valence-electron chi connectivity index (χ1n) is 12.2. The Morgan fingerprint density at radius 3 is 2.64 bits per heavy atom. The lowest BCUT2D eigenvalue weighted by Crippen LogP contribution is -2.39. The molecule has 1 saturated heterocycles. The Kier molecular flexibility index (Phi) is 5.35. The van der Waals surface area contributed by atoms with Gasteiger partial charge < -0.3 is 5.32 Å². The van der Waals surface area contributed by atoms with E-state index in [1.807, 2.05) is 0 Å². The molecule has 1 aliphatic carbocycles. The molecule has 2 aliphatic rings. The summed E-state index contributed by atoms with van der Waals surface area (Å²) in [6.07, 6.45) is 5.65. The molecule has 0 saturated carbocycles. The fraction of sp³-hybridized carbons (Fsp3) is 0.357. The van der Waals surface area contributed by atoms with Crippen molar-refractivity contribution in [2.45, 2.75) is 51.6 Å². The topological polar surface area (TPSA) is 45.5 Å². The van der Waals surface area contributed by atoms with Crippen molar-refractivity contribution >= 4 is 11.5 Å².